The lowest BCUT2D eigenvalue weighted by Crippen LogP contribution is -1.99. The van der Waals surface area contributed by atoms with Gasteiger partial charge in [0, 0.05) is 32.5 Å². The van der Waals surface area contributed by atoms with Crippen LogP contribution in [-0.2, 0) is 6.42 Å². The molecule has 0 amide bonds. The Morgan fingerprint density at radius 1 is 1.11 bits per heavy atom. The van der Waals surface area contributed by atoms with Crippen LogP contribution in [0.2, 0.25) is 0 Å². The van der Waals surface area contributed by atoms with Gasteiger partial charge in [0.25, 0.3) is 0 Å². The van der Waals surface area contributed by atoms with E-state index in [1.165, 1.54) is 10.9 Å². The molecule has 0 aliphatic heterocycles. The molecule has 5 heteroatoms. The minimum absolute atomic E-state index is 0.621. The highest BCUT2D eigenvalue weighted by molar-refractivity contribution is 9.10. The molecule has 0 atom stereocenters. The third kappa shape index (κ3) is 3.52. The molecule has 0 spiro atoms. The number of ether oxygens (including phenoxy) is 1. The van der Waals surface area contributed by atoms with Crippen LogP contribution in [0, 0.1) is 0 Å². The van der Waals surface area contributed by atoms with Gasteiger partial charge >= 0.3 is 0 Å². The number of halogens is 1. The third-order valence-electron chi connectivity index (χ3n) is 5.05. The van der Waals surface area contributed by atoms with Crippen LogP contribution in [0.15, 0.2) is 53.1 Å². The minimum Gasteiger partial charge on any atom is -0.492 e. The normalized spacial score (nSPS) is 11.4. The fourth-order valence-electron chi connectivity index (χ4n) is 3.79. The molecule has 0 bridgehead atoms. The minimum atomic E-state index is 0.621. The van der Waals surface area contributed by atoms with Crippen molar-refractivity contribution in [2.24, 2.45) is 5.73 Å². The number of rotatable bonds is 7. The number of aromatic amines is 1. The van der Waals surface area contributed by atoms with E-state index >= 15 is 0 Å². The van der Waals surface area contributed by atoms with Gasteiger partial charge in [-0.25, -0.2) is 0 Å². The Morgan fingerprint density at radius 2 is 2.00 bits per heavy atom. The number of aryl methyl sites for hydroxylation is 1. The molecular formula is C23H24BrN3O. The molecule has 0 saturated carbocycles. The lowest BCUT2D eigenvalue weighted by Gasteiger charge is -2.12. The van der Waals surface area contributed by atoms with Gasteiger partial charge in [0.1, 0.15) is 11.3 Å². The van der Waals surface area contributed by atoms with Gasteiger partial charge in [0.05, 0.1) is 12.3 Å². The zero-order valence-electron chi connectivity index (χ0n) is 16.0. The Bertz CT molecular complexity index is 1120. The summed E-state index contributed by atoms with van der Waals surface area (Å²) in [6.45, 7) is 3.33. The fraction of sp³-hybridized carbons (Fsp3) is 0.261. The van der Waals surface area contributed by atoms with E-state index < -0.39 is 0 Å². The topological polar surface area (TPSA) is 63.9 Å². The van der Waals surface area contributed by atoms with Crippen molar-refractivity contribution in [1.82, 2.24) is 9.97 Å². The summed E-state index contributed by atoms with van der Waals surface area (Å²) in [5.41, 5.74) is 11.4. The van der Waals surface area contributed by atoms with Gasteiger partial charge in [0.2, 0.25) is 0 Å². The number of nitrogens with zero attached hydrogens (tertiary/aromatic N) is 1. The van der Waals surface area contributed by atoms with Crippen LogP contribution in [0.3, 0.4) is 0 Å². The monoisotopic (exact) mass is 437 g/mol. The number of hydrogen-bond acceptors (Lipinski definition) is 3. The number of nitrogens with one attached hydrogen (secondary N) is 1. The molecule has 2 aromatic carbocycles. The van der Waals surface area contributed by atoms with Crippen LogP contribution in [0.5, 0.6) is 5.75 Å². The lowest BCUT2D eigenvalue weighted by atomic mass is 9.97. The smallest absolute Gasteiger partial charge is 0.145 e. The summed E-state index contributed by atoms with van der Waals surface area (Å²) in [6.07, 6.45) is 4.89. The van der Waals surface area contributed by atoms with E-state index in [1.807, 2.05) is 25.3 Å². The number of benzene rings is 2. The number of nitrogens with two attached hydrogens (primary N) is 1. The molecular weight excluding hydrogens is 414 g/mol. The molecule has 0 aliphatic rings. The molecule has 2 aromatic heterocycles. The Labute approximate surface area is 173 Å². The maximum Gasteiger partial charge on any atom is 0.145 e. The van der Waals surface area contributed by atoms with Crippen molar-refractivity contribution in [3.8, 4) is 17.0 Å². The maximum absolute atomic E-state index is 5.80. The van der Waals surface area contributed by atoms with Crippen molar-refractivity contribution in [1.29, 1.82) is 0 Å². The molecule has 28 heavy (non-hydrogen) atoms. The molecule has 4 rings (SSSR count). The van der Waals surface area contributed by atoms with Crippen LogP contribution in [-0.4, -0.2) is 23.1 Å². The molecule has 0 radical (unpaired) electrons. The quantitative estimate of drug-likeness (QED) is 0.357. The van der Waals surface area contributed by atoms with E-state index in [-0.39, 0.29) is 0 Å². The molecule has 144 valence electrons. The number of unbranched alkanes of at least 4 members (excludes halogenated alkanes) is 1. The lowest BCUT2D eigenvalue weighted by molar-refractivity contribution is 0.343. The summed E-state index contributed by atoms with van der Waals surface area (Å²) in [6, 6.07) is 14.7. The Kier molecular flexibility index (Phi) is 5.64. The third-order valence-corrected chi connectivity index (χ3v) is 5.54. The SMILES string of the molecule is CCOc1ccc(-c2[nH]c3ccc(Br)cc3c2CCCCN)c2cccnc12. The Balaban J connectivity index is 1.93. The van der Waals surface area contributed by atoms with E-state index in [4.69, 9.17) is 10.5 Å². The van der Waals surface area contributed by atoms with E-state index in [9.17, 15) is 0 Å². The molecule has 3 N–H and O–H groups in total. The van der Waals surface area contributed by atoms with Crippen molar-refractivity contribution >= 4 is 37.7 Å². The van der Waals surface area contributed by atoms with Crippen LogP contribution in [0.25, 0.3) is 33.1 Å². The van der Waals surface area contributed by atoms with E-state index in [1.54, 1.807) is 0 Å². The molecule has 0 unspecified atom stereocenters. The van der Waals surface area contributed by atoms with Gasteiger partial charge in [-0.2, -0.15) is 0 Å². The van der Waals surface area contributed by atoms with Crippen molar-refractivity contribution in [2.75, 3.05) is 13.2 Å². The zero-order chi connectivity index (χ0) is 19.5. The van der Waals surface area contributed by atoms with Crippen molar-refractivity contribution in [3.05, 3.63) is 58.7 Å². The second-order valence-corrected chi connectivity index (χ2v) is 7.77. The zero-order valence-corrected chi connectivity index (χ0v) is 17.6. The summed E-state index contributed by atoms with van der Waals surface area (Å²) in [5.74, 6) is 0.824. The molecule has 0 saturated heterocycles. The number of fused-ring (bicyclic) bond motifs is 2. The predicted octanol–water partition coefficient (Wildman–Crippen LogP) is 5.83. The predicted molar refractivity (Wildman–Crippen MR) is 120 cm³/mol. The standard InChI is InChI=1S/C23H24BrN3O/c1-2-28-21-11-9-18(16-7-5-13-26-23(16)21)22-17(6-3-4-12-25)19-14-15(24)8-10-20(19)27-22/h5,7-11,13-14,27H,2-4,6,12,25H2,1H3. The first-order valence-corrected chi connectivity index (χ1v) is 10.5. The van der Waals surface area contributed by atoms with E-state index in [0.29, 0.717) is 6.61 Å². The van der Waals surface area contributed by atoms with Gasteiger partial charge < -0.3 is 15.5 Å². The van der Waals surface area contributed by atoms with Gasteiger partial charge in [-0.1, -0.05) is 22.0 Å². The van der Waals surface area contributed by atoms with Gasteiger partial charge in [0.15, 0.2) is 0 Å². The second kappa shape index (κ2) is 8.33. The molecule has 2 heterocycles. The summed E-state index contributed by atoms with van der Waals surface area (Å²) < 4.78 is 6.89. The molecule has 4 aromatic rings. The second-order valence-electron chi connectivity index (χ2n) is 6.86. The first-order chi connectivity index (χ1) is 13.7. The first-order valence-electron chi connectivity index (χ1n) is 9.74. The molecule has 0 aliphatic carbocycles. The van der Waals surface area contributed by atoms with Crippen molar-refractivity contribution in [3.63, 3.8) is 0 Å². The first kappa shape index (κ1) is 19.0. The van der Waals surface area contributed by atoms with Crippen LogP contribution in [0.1, 0.15) is 25.3 Å². The van der Waals surface area contributed by atoms with Gasteiger partial charge in [-0.15, -0.1) is 0 Å². The van der Waals surface area contributed by atoms with Crippen LogP contribution in [0.4, 0.5) is 0 Å². The highest BCUT2D eigenvalue weighted by atomic mass is 79.9. The molecule has 0 fully saturated rings. The van der Waals surface area contributed by atoms with Crippen LogP contribution < -0.4 is 10.5 Å². The average molecular weight is 438 g/mol. The van der Waals surface area contributed by atoms with Gasteiger partial charge in [-0.3, -0.25) is 4.98 Å². The van der Waals surface area contributed by atoms with E-state index in [0.717, 1.165) is 63.7 Å². The number of H-pyrrole nitrogens is 1. The Hall–Kier alpha value is -2.37. The summed E-state index contributed by atoms with van der Waals surface area (Å²) in [5, 5.41) is 2.35. The highest BCUT2D eigenvalue weighted by Crippen LogP contribution is 2.38. The average Bonchev–Trinajstić information content (AvgIpc) is 3.06. The fourth-order valence-corrected chi connectivity index (χ4v) is 4.15. The van der Waals surface area contributed by atoms with Crippen LogP contribution >= 0.6 is 15.9 Å². The highest BCUT2D eigenvalue weighted by Gasteiger charge is 2.17. The Morgan fingerprint density at radius 3 is 2.82 bits per heavy atom. The van der Waals surface area contributed by atoms with E-state index in [2.05, 4.69) is 56.2 Å². The van der Waals surface area contributed by atoms with Crippen molar-refractivity contribution in [2.45, 2.75) is 26.2 Å². The summed E-state index contributed by atoms with van der Waals surface area (Å²) >= 11 is 3.62. The summed E-state index contributed by atoms with van der Waals surface area (Å²) in [4.78, 5) is 8.25. The largest absolute Gasteiger partial charge is 0.492 e. The summed E-state index contributed by atoms with van der Waals surface area (Å²) in [7, 11) is 0. The number of aromatic nitrogens is 2. The number of pyridine rings is 1. The molecule has 4 nitrogen and oxygen atoms in total. The number of hydrogen-bond donors (Lipinski definition) is 2. The van der Waals surface area contributed by atoms with Gasteiger partial charge in [-0.05, 0) is 74.7 Å². The maximum atomic E-state index is 5.80. The van der Waals surface area contributed by atoms with Crippen molar-refractivity contribution < 1.29 is 4.74 Å².